The lowest BCUT2D eigenvalue weighted by Gasteiger charge is -2.24. The van der Waals surface area contributed by atoms with E-state index in [1.54, 1.807) is 18.9 Å². The van der Waals surface area contributed by atoms with Gasteiger partial charge >= 0.3 is 5.97 Å². The zero-order valence-electron chi connectivity index (χ0n) is 21.6. The van der Waals surface area contributed by atoms with Crippen LogP contribution < -0.4 is 4.74 Å². The maximum absolute atomic E-state index is 13.9. The Labute approximate surface area is 209 Å². The first-order valence-electron chi connectivity index (χ1n) is 12.2. The number of benzene rings is 2. The summed E-state index contributed by atoms with van der Waals surface area (Å²) >= 11 is 1.62. The van der Waals surface area contributed by atoms with Gasteiger partial charge in [-0.2, -0.15) is 0 Å². The fraction of sp³-hybridized carbons (Fsp3) is 0.517. The summed E-state index contributed by atoms with van der Waals surface area (Å²) in [5.74, 6) is 0.627. The molecule has 0 saturated heterocycles. The van der Waals surface area contributed by atoms with Crippen LogP contribution in [0.3, 0.4) is 0 Å². The van der Waals surface area contributed by atoms with E-state index in [1.807, 2.05) is 56.3 Å². The van der Waals surface area contributed by atoms with Gasteiger partial charge in [-0.05, 0) is 61.4 Å². The number of carbonyl (C=O) groups is 2. The van der Waals surface area contributed by atoms with Crippen LogP contribution in [0.15, 0.2) is 42.5 Å². The van der Waals surface area contributed by atoms with Crippen LogP contribution in [0.1, 0.15) is 74.1 Å². The first-order chi connectivity index (χ1) is 16.3. The van der Waals surface area contributed by atoms with Crippen LogP contribution in [0.5, 0.6) is 5.75 Å². The molecule has 0 saturated carbocycles. The molecule has 0 aliphatic heterocycles. The third-order valence-electron chi connectivity index (χ3n) is 6.36. The minimum absolute atomic E-state index is 0.0555. The summed E-state index contributed by atoms with van der Waals surface area (Å²) in [5.41, 5.74) is 3.92. The maximum Gasteiger partial charge on any atom is 0.320 e. The van der Waals surface area contributed by atoms with Crippen molar-refractivity contribution in [1.82, 2.24) is 0 Å². The lowest BCUT2D eigenvalue weighted by molar-refractivity contribution is -0.145. The molecule has 0 bridgehead atoms. The Kier molecular flexibility index (Phi) is 11.7. The highest BCUT2D eigenvalue weighted by Crippen LogP contribution is 2.33. The molecule has 2 rings (SSSR count). The average Bonchev–Trinajstić information content (AvgIpc) is 2.84. The second kappa shape index (κ2) is 14.2. The van der Waals surface area contributed by atoms with Crippen molar-refractivity contribution in [2.45, 2.75) is 76.7 Å². The molecule has 0 spiro atoms. The highest BCUT2D eigenvalue weighted by Gasteiger charge is 2.35. The molecule has 0 aliphatic carbocycles. The first-order valence-corrected chi connectivity index (χ1v) is 13.3. The van der Waals surface area contributed by atoms with Crippen LogP contribution >= 0.6 is 11.8 Å². The number of ether oxygens (including phenoxy) is 2. The van der Waals surface area contributed by atoms with E-state index in [-0.39, 0.29) is 11.0 Å². The molecule has 4 nitrogen and oxygen atoms in total. The number of unbranched alkanes of at least 4 members (excludes halogenated alkanes) is 1. The molecule has 3 unspecified atom stereocenters. The molecule has 2 aromatic rings. The van der Waals surface area contributed by atoms with E-state index in [9.17, 15) is 9.59 Å². The van der Waals surface area contributed by atoms with Crippen LogP contribution in [0.4, 0.5) is 0 Å². The highest BCUT2D eigenvalue weighted by atomic mass is 32.2. The largest absolute Gasteiger partial charge is 0.497 e. The lowest BCUT2D eigenvalue weighted by atomic mass is 9.87. The van der Waals surface area contributed by atoms with E-state index >= 15 is 0 Å². The van der Waals surface area contributed by atoms with Gasteiger partial charge in [0, 0.05) is 5.75 Å². The Morgan fingerprint density at radius 3 is 2.26 bits per heavy atom. The van der Waals surface area contributed by atoms with Gasteiger partial charge in [-0.3, -0.25) is 9.59 Å². The summed E-state index contributed by atoms with van der Waals surface area (Å²) in [4.78, 5) is 26.7. The molecule has 186 valence electrons. The van der Waals surface area contributed by atoms with Crippen molar-refractivity contribution in [3.8, 4) is 5.75 Å². The van der Waals surface area contributed by atoms with Crippen molar-refractivity contribution in [2.75, 3.05) is 14.2 Å². The average molecular weight is 485 g/mol. The quantitative estimate of drug-likeness (QED) is 0.212. The van der Waals surface area contributed by atoms with Gasteiger partial charge in [0.1, 0.15) is 11.7 Å². The van der Waals surface area contributed by atoms with Crippen molar-refractivity contribution in [1.29, 1.82) is 0 Å². The monoisotopic (exact) mass is 484 g/mol. The van der Waals surface area contributed by atoms with Crippen LogP contribution in [0.25, 0.3) is 0 Å². The second-order valence-electron chi connectivity index (χ2n) is 9.19. The Bertz CT molecular complexity index is 922. The van der Waals surface area contributed by atoms with E-state index in [0.717, 1.165) is 47.3 Å². The summed E-state index contributed by atoms with van der Waals surface area (Å²) in [6, 6.07) is 13.8. The molecule has 0 aliphatic rings. The van der Waals surface area contributed by atoms with Crippen LogP contribution in [0.2, 0.25) is 0 Å². The van der Waals surface area contributed by atoms with E-state index in [0.29, 0.717) is 11.7 Å². The topological polar surface area (TPSA) is 52.6 Å². The van der Waals surface area contributed by atoms with Gasteiger partial charge in [-0.25, -0.2) is 0 Å². The summed E-state index contributed by atoms with van der Waals surface area (Å²) in [7, 11) is 3.01. The predicted molar refractivity (Wildman–Crippen MR) is 142 cm³/mol. The number of esters is 1. The zero-order valence-corrected chi connectivity index (χ0v) is 22.4. The number of aryl methyl sites for hydroxylation is 2. The van der Waals surface area contributed by atoms with E-state index in [1.165, 1.54) is 20.0 Å². The van der Waals surface area contributed by atoms with Crippen LogP contribution in [-0.2, 0) is 20.1 Å². The molecule has 0 radical (unpaired) electrons. The Balaban J connectivity index is 2.27. The zero-order chi connectivity index (χ0) is 25.1. The number of ketones is 1. The predicted octanol–water partition coefficient (Wildman–Crippen LogP) is 7.05. The van der Waals surface area contributed by atoms with E-state index in [4.69, 9.17) is 9.47 Å². The maximum atomic E-state index is 13.9. The van der Waals surface area contributed by atoms with Gasteiger partial charge in [0.05, 0.1) is 19.5 Å². The van der Waals surface area contributed by atoms with Gasteiger partial charge in [-0.1, -0.05) is 69.0 Å². The second-order valence-corrected chi connectivity index (χ2v) is 10.4. The van der Waals surface area contributed by atoms with E-state index in [2.05, 4.69) is 13.8 Å². The molecule has 2 aromatic carbocycles. The number of hydrogen-bond acceptors (Lipinski definition) is 5. The number of rotatable bonds is 14. The first kappa shape index (κ1) is 28.0. The van der Waals surface area contributed by atoms with Crippen molar-refractivity contribution < 1.29 is 19.1 Å². The van der Waals surface area contributed by atoms with Crippen LogP contribution in [0, 0.1) is 19.8 Å². The van der Waals surface area contributed by atoms with Gasteiger partial charge < -0.3 is 9.47 Å². The smallest absolute Gasteiger partial charge is 0.320 e. The normalized spacial score (nSPS) is 13.7. The third kappa shape index (κ3) is 8.19. The fourth-order valence-corrected chi connectivity index (χ4v) is 5.40. The molecule has 5 heteroatoms. The molecule has 34 heavy (non-hydrogen) atoms. The number of thioether (sulfide) groups is 1. The number of methoxy groups -OCH3 is 2. The number of carbonyl (C=O) groups excluding carboxylic acids is 2. The lowest BCUT2D eigenvalue weighted by Crippen LogP contribution is -2.32. The molecular weight excluding hydrogens is 444 g/mol. The highest BCUT2D eigenvalue weighted by molar-refractivity contribution is 7.99. The molecular formula is C29H40O4S. The minimum atomic E-state index is -0.898. The minimum Gasteiger partial charge on any atom is -0.497 e. The van der Waals surface area contributed by atoms with Gasteiger partial charge in [0.25, 0.3) is 0 Å². The van der Waals surface area contributed by atoms with E-state index < -0.39 is 11.9 Å². The number of hydrogen-bond donors (Lipinski definition) is 0. The van der Waals surface area contributed by atoms with Crippen molar-refractivity contribution in [2.24, 2.45) is 5.92 Å². The van der Waals surface area contributed by atoms with Crippen molar-refractivity contribution in [3.63, 3.8) is 0 Å². The molecule has 0 fully saturated rings. The van der Waals surface area contributed by atoms with Crippen molar-refractivity contribution in [3.05, 3.63) is 64.7 Å². The summed E-state index contributed by atoms with van der Waals surface area (Å²) in [6.07, 6.45) is 5.26. The SMILES string of the molecule is CCCCC(C)CCC(SCc1ccc(OC)cc1)C(=O)C(C(=O)OC)c1ccc(C)cc1C. The Morgan fingerprint density at radius 2 is 1.68 bits per heavy atom. The molecule has 0 aromatic heterocycles. The molecule has 0 heterocycles. The van der Waals surface area contributed by atoms with Gasteiger partial charge in [-0.15, -0.1) is 11.8 Å². The Morgan fingerprint density at radius 1 is 0.971 bits per heavy atom. The summed E-state index contributed by atoms with van der Waals surface area (Å²) in [5, 5.41) is -0.281. The number of Topliss-reactive ketones (excluding diaryl/α,β-unsaturated/α-hetero) is 1. The van der Waals surface area contributed by atoms with Gasteiger partial charge in [0.15, 0.2) is 5.78 Å². The summed E-state index contributed by atoms with van der Waals surface area (Å²) < 4.78 is 10.4. The fourth-order valence-electron chi connectivity index (χ4n) is 4.21. The standard InChI is InChI=1S/C29H40O4S/c1-7-8-9-20(2)11-17-26(34-19-23-12-14-24(32-5)15-13-23)28(30)27(29(31)33-6)25-16-10-21(3)18-22(25)4/h10,12-16,18,20,26-27H,7-9,11,17,19H2,1-6H3. The van der Waals surface area contributed by atoms with Gasteiger partial charge in [0.2, 0.25) is 0 Å². The molecule has 3 atom stereocenters. The third-order valence-corrected chi connectivity index (χ3v) is 7.73. The molecule has 0 N–H and O–H groups in total. The Hall–Kier alpha value is -2.27. The van der Waals surface area contributed by atoms with Crippen molar-refractivity contribution >= 4 is 23.5 Å². The molecule has 0 amide bonds. The van der Waals surface area contributed by atoms with Crippen LogP contribution in [-0.4, -0.2) is 31.2 Å². The summed E-state index contributed by atoms with van der Waals surface area (Å²) in [6.45, 7) is 8.43.